The van der Waals surface area contributed by atoms with Gasteiger partial charge in [-0.2, -0.15) is 0 Å². The Balaban J connectivity index is 1.32. The first kappa shape index (κ1) is 28.5. The second kappa shape index (κ2) is 11.6. The van der Waals surface area contributed by atoms with Crippen molar-refractivity contribution < 1.29 is 0 Å². The molecule has 0 N–H and O–H groups in total. The Labute approximate surface area is 291 Å². The fourth-order valence-corrected chi connectivity index (χ4v) is 8.14. The van der Waals surface area contributed by atoms with Crippen LogP contribution in [-0.2, 0) is 0 Å². The van der Waals surface area contributed by atoms with Gasteiger partial charge in [-0.25, -0.2) is 0 Å². The van der Waals surface area contributed by atoms with Gasteiger partial charge in [0.05, 0.1) is 0 Å². The molecule has 0 fully saturated rings. The van der Waals surface area contributed by atoms with E-state index in [1.54, 1.807) is 0 Å². The largest absolute Gasteiger partial charge is 0.0622 e. The van der Waals surface area contributed by atoms with Crippen molar-refractivity contribution in [3.05, 3.63) is 194 Å². The number of fused-ring (bicyclic) bond motifs is 10. The average molecular weight is 633 g/mol. The van der Waals surface area contributed by atoms with Crippen LogP contribution < -0.4 is 0 Å². The standard InChI is InChI=1S/C50H32/c1-3-15-33(16-4-1)35-19-13-21-37(29-35)45-31-47-39-23-7-8-24-40(39)48-32-46(38-22-14-20-36(30-38)34-17-5-2-6-18-34)42-26-10-12-28-44(42)50(48)49(47)43-27-11-9-25-41(43)45/h1-32H. The van der Waals surface area contributed by atoms with Gasteiger partial charge in [-0.3, -0.25) is 0 Å². The SMILES string of the molecule is c1ccc(-c2cccc(-c3cc4c5ccccc5c5cc(-c6cccc(-c7ccccc7)c6)c6ccccc6c5c4c4ccccc34)c2)cc1. The second-order valence-corrected chi connectivity index (χ2v) is 13.2. The van der Waals surface area contributed by atoms with E-state index in [0.29, 0.717) is 0 Å². The van der Waals surface area contributed by atoms with Crippen molar-refractivity contribution in [2.45, 2.75) is 0 Å². The van der Waals surface area contributed by atoms with Crippen molar-refractivity contribution in [1.82, 2.24) is 0 Å². The first-order valence-corrected chi connectivity index (χ1v) is 17.4. The van der Waals surface area contributed by atoms with Crippen molar-refractivity contribution in [2.75, 3.05) is 0 Å². The maximum absolute atomic E-state index is 2.45. The van der Waals surface area contributed by atoms with Crippen LogP contribution in [0, 0.1) is 0 Å². The normalized spacial score (nSPS) is 11.6. The van der Waals surface area contributed by atoms with Crippen molar-refractivity contribution in [2.24, 2.45) is 0 Å². The molecule has 50 heavy (non-hydrogen) atoms. The maximum atomic E-state index is 2.45. The third kappa shape index (κ3) is 4.54. The lowest BCUT2D eigenvalue weighted by Crippen LogP contribution is -1.92. The molecule has 0 amide bonds. The van der Waals surface area contributed by atoms with Crippen molar-refractivity contribution in [1.29, 1.82) is 0 Å². The lowest BCUT2D eigenvalue weighted by molar-refractivity contribution is 1.61. The Morgan fingerprint density at radius 1 is 0.180 bits per heavy atom. The summed E-state index contributed by atoms with van der Waals surface area (Å²) in [5.74, 6) is 0. The fraction of sp³-hybridized carbons (Fsp3) is 0. The van der Waals surface area contributed by atoms with Crippen molar-refractivity contribution in [3.8, 4) is 44.5 Å². The number of benzene rings is 10. The zero-order valence-corrected chi connectivity index (χ0v) is 27.5. The highest BCUT2D eigenvalue weighted by atomic mass is 14.2. The molecule has 0 aliphatic carbocycles. The lowest BCUT2D eigenvalue weighted by Gasteiger charge is -2.19. The van der Waals surface area contributed by atoms with E-state index >= 15 is 0 Å². The molecule has 0 aliphatic heterocycles. The van der Waals surface area contributed by atoms with Crippen LogP contribution in [-0.4, -0.2) is 0 Å². The third-order valence-electron chi connectivity index (χ3n) is 10.4. The maximum Gasteiger partial charge on any atom is -0.00137 e. The van der Waals surface area contributed by atoms with Gasteiger partial charge in [0.2, 0.25) is 0 Å². The predicted molar refractivity (Wildman–Crippen MR) is 216 cm³/mol. The predicted octanol–water partition coefficient (Wildman–Crippen LogP) is 14.1. The molecule has 10 aromatic rings. The Bertz CT molecular complexity index is 2700. The van der Waals surface area contributed by atoms with E-state index in [9.17, 15) is 0 Å². The van der Waals surface area contributed by atoms with Gasteiger partial charge in [-0.1, -0.05) is 170 Å². The van der Waals surface area contributed by atoms with E-state index in [0.717, 1.165) is 0 Å². The highest BCUT2D eigenvalue weighted by molar-refractivity contribution is 6.38. The van der Waals surface area contributed by atoms with Crippen molar-refractivity contribution in [3.63, 3.8) is 0 Å². The molecular weight excluding hydrogens is 601 g/mol. The van der Waals surface area contributed by atoms with Gasteiger partial charge in [-0.05, 0) is 123 Å². The summed E-state index contributed by atoms with van der Waals surface area (Å²) >= 11 is 0. The molecule has 0 heterocycles. The minimum Gasteiger partial charge on any atom is -0.0622 e. The van der Waals surface area contributed by atoms with Crippen LogP contribution in [0.2, 0.25) is 0 Å². The molecule has 0 atom stereocenters. The number of hydrogen-bond donors (Lipinski definition) is 0. The van der Waals surface area contributed by atoms with E-state index < -0.39 is 0 Å². The summed E-state index contributed by atoms with van der Waals surface area (Å²) in [6.07, 6.45) is 0. The summed E-state index contributed by atoms with van der Waals surface area (Å²) in [6, 6.07) is 71.2. The summed E-state index contributed by atoms with van der Waals surface area (Å²) in [5, 5.41) is 12.9. The smallest absolute Gasteiger partial charge is 0.00137 e. The fourth-order valence-electron chi connectivity index (χ4n) is 8.14. The van der Waals surface area contributed by atoms with E-state index in [4.69, 9.17) is 0 Å². The summed E-state index contributed by atoms with van der Waals surface area (Å²) in [6.45, 7) is 0. The topological polar surface area (TPSA) is 0 Å². The minimum atomic E-state index is 1.23. The Morgan fingerprint density at radius 3 is 0.920 bits per heavy atom. The van der Waals surface area contributed by atoms with Crippen LogP contribution in [0.5, 0.6) is 0 Å². The van der Waals surface area contributed by atoms with E-state index in [1.807, 2.05) is 0 Å². The molecule has 0 saturated carbocycles. The van der Waals surface area contributed by atoms with Crippen LogP contribution in [0.1, 0.15) is 0 Å². The molecule has 0 aliphatic rings. The van der Waals surface area contributed by atoms with Gasteiger partial charge in [0.15, 0.2) is 0 Å². The van der Waals surface area contributed by atoms with E-state index in [1.165, 1.54) is 98.4 Å². The molecule has 10 aromatic carbocycles. The first-order chi connectivity index (χ1) is 24.8. The number of rotatable bonds is 4. The minimum absolute atomic E-state index is 1.23. The molecule has 10 rings (SSSR count). The quantitative estimate of drug-likeness (QED) is 0.169. The van der Waals surface area contributed by atoms with Crippen LogP contribution >= 0.6 is 0 Å². The lowest BCUT2D eigenvalue weighted by atomic mass is 9.84. The van der Waals surface area contributed by atoms with Gasteiger partial charge in [0.25, 0.3) is 0 Å². The zero-order chi connectivity index (χ0) is 33.0. The van der Waals surface area contributed by atoms with Gasteiger partial charge < -0.3 is 0 Å². The summed E-state index contributed by atoms with van der Waals surface area (Å²) in [4.78, 5) is 0. The Morgan fingerprint density at radius 2 is 0.500 bits per heavy atom. The summed E-state index contributed by atoms with van der Waals surface area (Å²) < 4.78 is 0. The summed E-state index contributed by atoms with van der Waals surface area (Å²) in [5.41, 5.74) is 9.89. The van der Waals surface area contributed by atoms with Crippen LogP contribution in [0.3, 0.4) is 0 Å². The molecule has 0 saturated heterocycles. The van der Waals surface area contributed by atoms with Crippen LogP contribution in [0.15, 0.2) is 194 Å². The average Bonchev–Trinajstić information content (AvgIpc) is 3.21. The van der Waals surface area contributed by atoms with Gasteiger partial charge in [-0.15, -0.1) is 0 Å². The molecular formula is C50H32. The molecule has 0 nitrogen and oxygen atoms in total. The molecule has 232 valence electrons. The monoisotopic (exact) mass is 632 g/mol. The molecule has 0 bridgehead atoms. The molecule has 0 spiro atoms. The molecule has 0 aromatic heterocycles. The van der Waals surface area contributed by atoms with Gasteiger partial charge in [0.1, 0.15) is 0 Å². The van der Waals surface area contributed by atoms with Gasteiger partial charge >= 0.3 is 0 Å². The van der Waals surface area contributed by atoms with E-state index in [2.05, 4.69) is 194 Å². The van der Waals surface area contributed by atoms with Crippen molar-refractivity contribution >= 4 is 53.9 Å². The highest BCUT2D eigenvalue weighted by Crippen LogP contribution is 2.47. The zero-order valence-electron chi connectivity index (χ0n) is 27.5. The summed E-state index contributed by atoms with van der Waals surface area (Å²) in [7, 11) is 0. The van der Waals surface area contributed by atoms with E-state index in [-0.39, 0.29) is 0 Å². The second-order valence-electron chi connectivity index (χ2n) is 13.2. The van der Waals surface area contributed by atoms with Crippen LogP contribution in [0.4, 0.5) is 0 Å². The third-order valence-corrected chi connectivity index (χ3v) is 10.4. The number of hydrogen-bond acceptors (Lipinski definition) is 0. The van der Waals surface area contributed by atoms with Crippen LogP contribution in [0.25, 0.3) is 98.4 Å². The Hall–Kier alpha value is -6.50. The molecule has 0 radical (unpaired) electrons. The molecule has 0 unspecified atom stereocenters. The molecule has 0 heteroatoms. The first-order valence-electron chi connectivity index (χ1n) is 17.4. The highest BCUT2D eigenvalue weighted by Gasteiger charge is 2.19. The Kier molecular flexibility index (Phi) is 6.60. The van der Waals surface area contributed by atoms with Gasteiger partial charge in [0, 0.05) is 0 Å².